The van der Waals surface area contributed by atoms with E-state index in [4.69, 9.17) is 19.1 Å². The van der Waals surface area contributed by atoms with E-state index >= 15 is 0 Å². The molecule has 1 saturated carbocycles. The van der Waals surface area contributed by atoms with E-state index in [1.807, 2.05) is 0 Å². The third-order valence-electron chi connectivity index (χ3n) is 4.43. The minimum absolute atomic E-state index is 0. The maximum atomic E-state index is 6.79. The van der Waals surface area contributed by atoms with Crippen LogP contribution in [-0.2, 0) is 31.3 Å². The monoisotopic (exact) mass is 487 g/mol. The van der Waals surface area contributed by atoms with Crippen LogP contribution in [0.4, 0.5) is 0 Å². The molecule has 0 amide bonds. The summed E-state index contributed by atoms with van der Waals surface area (Å²) in [7, 11) is 13.6. The van der Waals surface area contributed by atoms with Gasteiger partial charge in [0.25, 0.3) is 0 Å². The Balaban J connectivity index is 0.00000176. The van der Waals surface area contributed by atoms with Crippen molar-refractivity contribution < 1.29 is 31.3 Å². The van der Waals surface area contributed by atoms with Crippen molar-refractivity contribution in [3.8, 4) is 0 Å². The van der Waals surface area contributed by atoms with Gasteiger partial charge in [-0.3, -0.25) is 0 Å². The van der Waals surface area contributed by atoms with E-state index in [0.717, 1.165) is 0 Å². The summed E-state index contributed by atoms with van der Waals surface area (Å²) in [6.07, 6.45) is 5.22. The molecule has 2 aromatic carbocycles. The first-order valence-electron chi connectivity index (χ1n) is 7.32. The summed E-state index contributed by atoms with van der Waals surface area (Å²) in [4.78, 5) is 0. The predicted octanol–water partition coefficient (Wildman–Crippen LogP) is 5.17. The molecule has 0 heterocycles. The SMILES string of the molecule is [Cl][Pd]([Cl])[PH](c1ccccc1)(c1ccccc1)C1CCCC1.[Fe]. The molecule has 0 bridgehead atoms. The first-order valence-corrected chi connectivity index (χ1v) is 15.6. The predicted molar refractivity (Wildman–Crippen MR) is 94.4 cm³/mol. The van der Waals surface area contributed by atoms with Gasteiger partial charge in [-0.15, -0.1) is 0 Å². The van der Waals surface area contributed by atoms with Gasteiger partial charge in [0.1, 0.15) is 0 Å². The van der Waals surface area contributed by atoms with Crippen LogP contribution in [0.3, 0.4) is 0 Å². The van der Waals surface area contributed by atoms with Gasteiger partial charge in [-0.1, -0.05) is 0 Å². The van der Waals surface area contributed by atoms with Crippen molar-refractivity contribution >= 4 is 35.1 Å². The second kappa shape index (κ2) is 8.65. The molecule has 1 fully saturated rings. The minimum atomic E-state index is -2.04. The Hall–Kier alpha value is 0.632. The van der Waals surface area contributed by atoms with Crippen molar-refractivity contribution in [2.75, 3.05) is 0 Å². The molecular weight excluding hydrogens is 468 g/mol. The summed E-state index contributed by atoms with van der Waals surface area (Å²) in [6.45, 7) is 0. The fraction of sp³-hybridized carbons (Fsp3) is 0.294. The van der Waals surface area contributed by atoms with Crippen molar-refractivity contribution in [2.24, 2.45) is 0 Å². The van der Waals surface area contributed by atoms with E-state index in [1.165, 1.54) is 36.3 Å². The average molecular weight is 488 g/mol. The molecule has 0 unspecified atom stereocenters. The Labute approximate surface area is 157 Å². The fourth-order valence-electron chi connectivity index (χ4n) is 3.52. The summed E-state index contributed by atoms with van der Waals surface area (Å²) < 4.78 is 0. The van der Waals surface area contributed by atoms with Crippen LogP contribution in [-0.4, -0.2) is 5.66 Å². The molecular formula is C17H20Cl2FePPd. The standard InChI is InChI=1S/C17H19P.2ClH.Fe.Pd/c1-3-9-15(10-4-1)18(17-13-7-8-14-17)16-11-5-2-6-12-16;;;;/h1-6,9-12,17H,7-8,13-14H2;2*1H;;/q;;;;+1/p-1. The second-order valence-corrected chi connectivity index (χ2v) is 21.1. The van der Waals surface area contributed by atoms with E-state index in [9.17, 15) is 0 Å². The van der Waals surface area contributed by atoms with Crippen molar-refractivity contribution in [1.29, 1.82) is 0 Å². The Morgan fingerprint density at radius 1 is 0.773 bits per heavy atom. The molecule has 3 rings (SSSR count). The van der Waals surface area contributed by atoms with Crippen LogP contribution >= 0.6 is 24.5 Å². The number of hydrogen-bond acceptors (Lipinski definition) is 0. The third-order valence-corrected chi connectivity index (χ3v) is 22.8. The largest absolute Gasteiger partial charge is 0 e. The van der Waals surface area contributed by atoms with Gasteiger partial charge in [0, 0.05) is 17.1 Å². The Morgan fingerprint density at radius 2 is 1.18 bits per heavy atom. The smallest absolute Gasteiger partial charge is 0 e. The van der Waals surface area contributed by atoms with E-state index < -0.39 is 19.7 Å². The van der Waals surface area contributed by atoms with Crippen molar-refractivity contribution in [3.63, 3.8) is 0 Å². The molecule has 0 radical (unpaired) electrons. The minimum Gasteiger partial charge on any atom is 0 e. The zero-order valence-corrected chi connectivity index (χ0v) is 17.3. The van der Waals surface area contributed by atoms with E-state index in [2.05, 4.69) is 60.7 Å². The Bertz CT molecular complexity index is 534. The first-order chi connectivity index (χ1) is 10.3. The molecule has 1 aliphatic carbocycles. The molecule has 0 saturated heterocycles. The van der Waals surface area contributed by atoms with E-state index in [1.54, 1.807) is 0 Å². The van der Waals surface area contributed by atoms with Crippen molar-refractivity contribution in [1.82, 2.24) is 0 Å². The molecule has 0 aromatic heterocycles. The molecule has 22 heavy (non-hydrogen) atoms. The van der Waals surface area contributed by atoms with Gasteiger partial charge >= 0.3 is 141 Å². The van der Waals surface area contributed by atoms with Gasteiger partial charge in [-0.25, -0.2) is 0 Å². The number of rotatable bonds is 4. The van der Waals surface area contributed by atoms with Gasteiger partial charge in [-0.2, -0.15) is 0 Å². The third kappa shape index (κ3) is 3.50. The van der Waals surface area contributed by atoms with E-state index in [-0.39, 0.29) is 17.1 Å². The van der Waals surface area contributed by atoms with Crippen LogP contribution < -0.4 is 10.6 Å². The molecule has 1 aliphatic rings. The topological polar surface area (TPSA) is 0 Å². The Morgan fingerprint density at radius 3 is 1.55 bits per heavy atom. The first kappa shape index (κ1) is 19.0. The molecule has 0 spiro atoms. The van der Waals surface area contributed by atoms with Crippen LogP contribution in [0, 0.1) is 0 Å². The molecule has 0 aliphatic heterocycles. The number of benzene rings is 2. The molecule has 2 aromatic rings. The Kier molecular flexibility index (Phi) is 7.45. The van der Waals surface area contributed by atoms with Gasteiger partial charge in [0.15, 0.2) is 0 Å². The van der Waals surface area contributed by atoms with Gasteiger partial charge in [-0.05, 0) is 0 Å². The van der Waals surface area contributed by atoms with Crippen LogP contribution in [0.2, 0.25) is 0 Å². The van der Waals surface area contributed by atoms with Crippen molar-refractivity contribution in [2.45, 2.75) is 31.3 Å². The zero-order chi connectivity index (χ0) is 14.7. The second-order valence-electron chi connectivity index (χ2n) is 5.54. The van der Waals surface area contributed by atoms with Crippen LogP contribution in [0.25, 0.3) is 0 Å². The molecule has 125 valence electrons. The number of halogens is 2. The van der Waals surface area contributed by atoms with E-state index in [0.29, 0.717) is 5.66 Å². The molecule has 5 heteroatoms. The molecule has 0 N–H and O–H groups in total. The average Bonchev–Trinajstić information content (AvgIpc) is 3.04. The van der Waals surface area contributed by atoms with Crippen LogP contribution in [0.1, 0.15) is 25.7 Å². The van der Waals surface area contributed by atoms with Gasteiger partial charge in [0.05, 0.1) is 0 Å². The van der Waals surface area contributed by atoms with Gasteiger partial charge < -0.3 is 0 Å². The number of hydrogen-bond donors (Lipinski definition) is 0. The summed E-state index contributed by atoms with van der Waals surface area (Å²) >= 11 is -1.60. The summed E-state index contributed by atoms with van der Waals surface area (Å²) in [6, 6.07) is 21.7. The molecule has 0 atom stereocenters. The summed E-state index contributed by atoms with van der Waals surface area (Å²) in [5.74, 6) is 0. The summed E-state index contributed by atoms with van der Waals surface area (Å²) in [5.41, 5.74) is -1.35. The van der Waals surface area contributed by atoms with Crippen LogP contribution in [0.15, 0.2) is 60.7 Å². The maximum absolute atomic E-state index is 6.79. The van der Waals surface area contributed by atoms with Crippen LogP contribution in [0.5, 0.6) is 0 Å². The quantitative estimate of drug-likeness (QED) is 0.412. The maximum Gasteiger partial charge on any atom is 0 e. The normalized spacial score (nSPS) is 16.9. The summed E-state index contributed by atoms with van der Waals surface area (Å²) in [5, 5.41) is 2.85. The van der Waals surface area contributed by atoms with Crippen molar-refractivity contribution in [3.05, 3.63) is 60.7 Å². The zero-order valence-electron chi connectivity index (χ0n) is 12.1. The fourth-order valence-corrected chi connectivity index (χ4v) is 22.5. The van der Waals surface area contributed by atoms with Gasteiger partial charge in [0.2, 0.25) is 0 Å². The molecule has 0 nitrogen and oxygen atoms in total.